The second-order valence-corrected chi connectivity index (χ2v) is 5.54. The summed E-state index contributed by atoms with van der Waals surface area (Å²) >= 11 is 0. The second kappa shape index (κ2) is 6.72. The molecule has 5 nitrogen and oxygen atoms in total. The number of hydrogen-bond acceptors (Lipinski definition) is 3. The molecule has 5 heteroatoms. The zero-order chi connectivity index (χ0) is 15.4. The van der Waals surface area contributed by atoms with E-state index in [4.69, 9.17) is 4.74 Å². The lowest BCUT2D eigenvalue weighted by Crippen LogP contribution is -2.30. The van der Waals surface area contributed by atoms with Crippen LogP contribution in [0.4, 0.5) is 5.69 Å². The van der Waals surface area contributed by atoms with Crippen LogP contribution in [-0.2, 0) is 14.3 Å². The van der Waals surface area contributed by atoms with Crippen LogP contribution in [0.25, 0.3) is 0 Å². The van der Waals surface area contributed by atoms with E-state index in [2.05, 4.69) is 5.32 Å². The van der Waals surface area contributed by atoms with Gasteiger partial charge in [0.1, 0.15) is 0 Å². The van der Waals surface area contributed by atoms with Gasteiger partial charge in [-0.15, -0.1) is 0 Å². The Morgan fingerprint density at radius 2 is 2.19 bits per heavy atom. The largest absolute Gasteiger partial charge is 0.383 e. The van der Waals surface area contributed by atoms with Crippen molar-refractivity contribution >= 4 is 17.5 Å². The first kappa shape index (κ1) is 15.5. The summed E-state index contributed by atoms with van der Waals surface area (Å²) in [7, 11) is 1.60. The summed E-state index contributed by atoms with van der Waals surface area (Å²) in [5.74, 6) is -0.348. The molecule has 114 valence electrons. The Kier molecular flexibility index (Phi) is 4.96. The van der Waals surface area contributed by atoms with Gasteiger partial charge in [0.15, 0.2) is 0 Å². The van der Waals surface area contributed by atoms with Crippen LogP contribution < -0.4 is 5.32 Å². The first-order valence-electron chi connectivity index (χ1n) is 7.16. The monoisotopic (exact) mass is 290 g/mol. The summed E-state index contributed by atoms with van der Waals surface area (Å²) in [6.07, 6.45) is 0.278. The maximum Gasteiger partial charge on any atom is 0.229 e. The quantitative estimate of drug-likeness (QED) is 0.898. The number of hydrogen-bond donors (Lipinski definition) is 1. The van der Waals surface area contributed by atoms with Crippen LogP contribution in [0.3, 0.4) is 0 Å². The predicted octanol–water partition coefficient (Wildman–Crippen LogP) is 1.74. The molecular formula is C16H22N2O3. The van der Waals surface area contributed by atoms with E-state index in [1.165, 1.54) is 0 Å². The molecule has 0 saturated carbocycles. The highest BCUT2D eigenvalue weighted by Crippen LogP contribution is 2.22. The number of likely N-dealkylation sites (tertiary alicyclic amines) is 1. The fraction of sp³-hybridized carbons (Fsp3) is 0.500. The van der Waals surface area contributed by atoms with E-state index in [0.717, 1.165) is 16.8 Å². The maximum absolute atomic E-state index is 12.3. The minimum Gasteiger partial charge on any atom is -0.383 e. The Morgan fingerprint density at radius 1 is 1.43 bits per heavy atom. The van der Waals surface area contributed by atoms with Gasteiger partial charge in [-0.25, -0.2) is 0 Å². The number of carbonyl (C=O) groups excluding carboxylic acids is 2. The van der Waals surface area contributed by atoms with Crippen LogP contribution >= 0.6 is 0 Å². The minimum atomic E-state index is -0.283. The van der Waals surface area contributed by atoms with Crippen molar-refractivity contribution < 1.29 is 14.3 Å². The van der Waals surface area contributed by atoms with Crippen molar-refractivity contribution in [2.24, 2.45) is 5.92 Å². The average Bonchev–Trinajstić information content (AvgIpc) is 2.82. The van der Waals surface area contributed by atoms with E-state index < -0.39 is 0 Å². The van der Waals surface area contributed by atoms with Gasteiger partial charge in [0.05, 0.1) is 12.5 Å². The van der Waals surface area contributed by atoms with E-state index in [9.17, 15) is 9.59 Å². The summed E-state index contributed by atoms with van der Waals surface area (Å²) in [4.78, 5) is 25.9. The Labute approximate surface area is 125 Å². The number of nitrogens with one attached hydrogen (secondary N) is 1. The van der Waals surface area contributed by atoms with Gasteiger partial charge >= 0.3 is 0 Å². The molecule has 1 heterocycles. The van der Waals surface area contributed by atoms with Crippen molar-refractivity contribution in [2.45, 2.75) is 20.3 Å². The van der Waals surface area contributed by atoms with Gasteiger partial charge in [0.2, 0.25) is 11.8 Å². The highest BCUT2D eigenvalue weighted by atomic mass is 16.5. The number of anilines is 1. The molecule has 0 radical (unpaired) electrons. The molecule has 1 saturated heterocycles. The van der Waals surface area contributed by atoms with E-state index >= 15 is 0 Å². The molecule has 0 unspecified atom stereocenters. The zero-order valence-corrected chi connectivity index (χ0v) is 12.8. The van der Waals surface area contributed by atoms with Crippen molar-refractivity contribution in [2.75, 3.05) is 32.1 Å². The van der Waals surface area contributed by atoms with Crippen molar-refractivity contribution in [1.82, 2.24) is 4.90 Å². The van der Waals surface area contributed by atoms with E-state index in [1.807, 2.05) is 32.0 Å². The lowest BCUT2D eigenvalue weighted by Gasteiger charge is -2.16. The van der Waals surface area contributed by atoms with Gasteiger partial charge in [0, 0.05) is 32.3 Å². The molecule has 2 amide bonds. The van der Waals surface area contributed by atoms with Gasteiger partial charge < -0.3 is 15.0 Å². The Balaban J connectivity index is 1.98. The van der Waals surface area contributed by atoms with Crippen LogP contribution in [0.5, 0.6) is 0 Å². The average molecular weight is 290 g/mol. The predicted molar refractivity (Wildman–Crippen MR) is 81.1 cm³/mol. The summed E-state index contributed by atoms with van der Waals surface area (Å²) in [5.41, 5.74) is 2.94. The third-order valence-corrected chi connectivity index (χ3v) is 3.80. The molecule has 1 aromatic carbocycles. The van der Waals surface area contributed by atoms with E-state index in [0.29, 0.717) is 19.7 Å². The number of nitrogens with zero attached hydrogens (tertiary/aromatic N) is 1. The molecule has 1 aromatic rings. The van der Waals surface area contributed by atoms with Gasteiger partial charge in [-0.3, -0.25) is 9.59 Å². The van der Waals surface area contributed by atoms with Crippen LogP contribution in [0, 0.1) is 19.8 Å². The highest BCUT2D eigenvalue weighted by Gasteiger charge is 2.34. The molecular weight excluding hydrogens is 268 g/mol. The number of ether oxygens (including phenoxy) is 1. The fourth-order valence-corrected chi connectivity index (χ4v) is 2.47. The highest BCUT2D eigenvalue weighted by molar-refractivity contribution is 5.97. The van der Waals surface area contributed by atoms with Gasteiger partial charge in [-0.1, -0.05) is 12.1 Å². The molecule has 1 aliphatic heterocycles. The minimum absolute atomic E-state index is 0.0214. The molecule has 1 N–H and O–H groups in total. The summed E-state index contributed by atoms with van der Waals surface area (Å²) in [6.45, 7) is 5.46. The van der Waals surface area contributed by atoms with Crippen molar-refractivity contribution in [1.29, 1.82) is 0 Å². The summed E-state index contributed by atoms with van der Waals surface area (Å²) in [5, 5.41) is 2.94. The first-order valence-corrected chi connectivity index (χ1v) is 7.16. The van der Waals surface area contributed by atoms with Crippen LogP contribution in [0.15, 0.2) is 18.2 Å². The maximum atomic E-state index is 12.3. The van der Waals surface area contributed by atoms with Crippen LogP contribution in [0.2, 0.25) is 0 Å². The number of carbonyl (C=O) groups is 2. The Morgan fingerprint density at radius 3 is 2.90 bits per heavy atom. The topological polar surface area (TPSA) is 58.6 Å². The van der Waals surface area contributed by atoms with Crippen LogP contribution in [0.1, 0.15) is 17.5 Å². The second-order valence-electron chi connectivity index (χ2n) is 5.54. The molecule has 1 atom stereocenters. The van der Waals surface area contributed by atoms with Gasteiger partial charge in [-0.2, -0.15) is 0 Å². The fourth-order valence-electron chi connectivity index (χ4n) is 2.47. The smallest absolute Gasteiger partial charge is 0.229 e. The van der Waals surface area contributed by atoms with E-state index in [1.54, 1.807) is 12.0 Å². The third-order valence-electron chi connectivity index (χ3n) is 3.80. The summed E-state index contributed by atoms with van der Waals surface area (Å²) < 4.78 is 4.98. The van der Waals surface area contributed by atoms with E-state index in [-0.39, 0.29) is 24.2 Å². The van der Waals surface area contributed by atoms with Gasteiger partial charge in [-0.05, 0) is 31.0 Å². The lowest BCUT2D eigenvalue weighted by molar-refractivity contribution is -0.128. The molecule has 0 spiro atoms. The SMILES string of the molecule is COCCN1C[C@@H](C(=O)Nc2cc(C)ccc2C)CC1=O. The Bertz CT molecular complexity index is 542. The first-order chi connectivity index (χ1) is 10.0. The normalized spacial score (nSPS) is 18.1. The number of methoxy groups -OCH3 is 1. The molecule has 0 bridgehead atoms. The number of benzene rings is 1. The van der Waals surface area contributed by atoms with Crippen LogP contribution in [-0.4, -0.2) is 43.5 Å². The van der Waals surface area contributed by atoms with Crippen molar-refractivity contribution in [3.8, 4) is 0 Å². The zero-order valence-electron chi connectivity index (χ0n) is 12.8. The molecule has 2 rings (SSSR count). The number of aryl methyl sites for hydroxylation is 2. The van der Waals surface area contributed by atoms with Crippen molar-refractivity contribution in [3.05, 3.63) is 29.3 Å². The number of amides is 2. The standard InChI is InChI=1S/C16H22N2O3/c1-11-4-5-12(2)14(8-11)17-16(20)13-9-15(19)18(10-13)6-7-21-3/h4-5,8,13H,6-7,9-10H2,1-3H3,(H,17,20)/t13-/m0/s1. The van der Waals surface area contributed by atoms with Gasteiger partial charge in [0.25, 0.3) is 0 Å². The molecule has 1 fully saturated rings. The van der Waals surface area contributed by atoms with Crippen molar-refractivity contribution in [3.63, 3.8) is 0 Å². The molecule has 0 aromatic heterocycles. The third kappa shape index (κ3) is 3.82. The number of rotatable bonds is 5. The molecule has 0 aliphatic carbocycles. The molecule has 1 aliphatic rings. The molecule has 21 heavy (non-hydrogen) atoms. The Hall–Kier alpha value is -1.88. The lowest BCUT2D eigenvalue weighted by atomic mass is 10.1. The summed E-state index contributed by atoms with van der Waals surface area (Å²) in [6, 6.07) is 5.94.